The van der Waals surface area contributed by atoms with Crippen LogP contribution in [0.1, 0.15) is 12.5 Å². The third-order valence-corrected chi connectivity index (χ3v) is 7.63. The van der Waals surface area contributed by atoms with Gasteiger partial charge in [0.2, 0.25) is 22.0 Å². The van der Waals surface area contributed by atoms with Crippen LogP contribution >= 0.6 is 0 Å². The average molecular weight is 525 g/mol. The Morgan fingerprint density at radius 3 is 2.35 bits per heavy atom. The number of nitrogens with zero attached hydrogens (tertiary/aromatic N) is 2. The van der Waals surface area contributed by atoms with E-state index in [1.807, 2.05) is 13.0 Å². The molecule has 1 unspecified atom stereocenters. The summed E-state index contributed by atoms with van der Waals surface area (Å²) in [4.78, 5) is 27.3. The van der Waals surface area contributed by atoms with Crippen LogP contribution in [0.4, 0.5) is 5.69 Å². The molecule has 1 aliphatic rings. The number of ether oxygens (including phenoxy) is 3. The second kappa shape index (κ2) is 11.4. The topological polar surface area (TPSA) is 102 Å². The first-order valence-corrected chi connectivity index (χ1v) is 13.2. The highest BCUT2D eigenvalue weighted by Crippen LogP contribution is 2.34. The SMILES string of the molecule is CCOc1ccc(S(=O)(=O)N(CC(=O)N2CC(C(=O)OC)Oc3ccccc32)Cc2ccccc2)cc1. The van der Waals surface area contributed by atoms with E-state index in [4.69, 9.17) is 14.2 Å². The monoisotopic (exact) mass is 524 g/mol. The van der Waals surface area contributed by atoms with Gasteiger partial charge in [-0.3, -0.25) is 4.79 Å². The number of carbonyl (C=O) groups excluding carboxylic acids is 2. The molecule has 9 nitrogen and oxygen atoms in total. The zero-order valence-corrected chi connectivity index (χ0v) is 21.4. The normalized spacial score (nSPS) is 15.0. The summed E-state index contributed by atoms with van der Waals surface area (Å²) >= 11 is 0. The van der Waals surface area contributed by atoms with Crippen molar-refractivity contribution < 1.29 is 32.2 Å². The lowest BCUT2D eigenvalue weighted by atomic mass is 10.2. The molecule has 0 radical (unpaired) electrons. The maximum Gasteiger partial charge on any atom is 0.348 e. The van der Waals surface area contributed by atoms with E-state index in [1.54, 1.807) is 60.7 Å². The fourth-order valence-electron chi connectivity index (χ4n) is 4.00. The molecule has 1 amide bonds. The number of esters is 1. The summed E-state index contributed by atoms with van der Waals surface area (Å²) in [5.41, 5.74) is 1.17. The fraction of sp³-hybridized carbons (Fsp3) is 0.259. The highest BCUT2D eigenvalue weighted by atomic mass is 32.2. The Hall–Kier alpha value is -3.89. The smallest absolute Gasteiger partial charge is 0.348 e. The Bertz CT molecular complexity index is 1340. The van der Waals surface area contributed by atoms with E-state index in [0.29, 0.717) is 23.8 Å². The summed E-state index contributed by atoms with van der Waals surface area (Å²) in [6.45, 7) is 1.72. The van der Waals surface area contributed by atoms with E-state index < -0.39 is 34.5 Å². The van der Waals surface area contributed by atoms with Crippen molar-refractivity contribution >= 4 is 27.6 Å². The van der Waals surface area contributed by atoms with Crippen LogP contribution in [0.25, 0.3) is 0 Å². The van der Waals surface area contributed by atoms with Crippen LogP contribution in [-0.2, 0) is 30.9 Å². The molecule has 1 heterocycles. The number of hydrogen-bond acceptors (Lipinski definition) is 7. The van der Waals surface area contributed by atoms with Gasteiger partial charge in [0.1, 0.15) is 11.5 Å². The van der Waals surface area contributed by atoms with Gasteiger partial charge in [-0.2, -0.15) is 4.31 Å². The van der Waals surface area contributed by atoms with Gasteiger partial charge in [-0.05, 0) is 48.9 Å². The summed E-state index contributed by atoms with van der Waals surface area (Å²) in [6, 6.07) is 21.9. The first-order chi connectivity index (χ1) is 17.8. The van der Waals surface area contributed by atoms with Gasteiger partial charge in [0.15, 0.2) is 0 Å². The molecule has 0 saturated heterocycles. The van der Waals surface area contributed by atoms with Crippen LogP contribution in [-0.4, -0.2) is 57.5 Å². The lowest BCUT2D eigenvalue weighted by Gasteiger charge is -2.34. The quantitative estimate of drug-likeness (QED) is 0.396. The zero-order valence-electron chi connectivity index (χ0n) is 20.6. The summed E-state index contributed by atoms with van der Waals surface area (Å²) in [5.74, 6) is -0.252. The van der Waals surface area contributed by atoms with Gasteiger partial charge in [0.05, 0.1) is 37.4 Å². The number of benzene rings is 3. The third kappa shape index (κ3) is 5.92. The Labute approximate surface area is 216 Å². The van der Waals surface area contributed by atoms with E-state index in [0.717, 1.165) is 9.87 Å². The van der Waals surface area contributed by atoms with Gasteiger partial charge < -0.3 is 19.1 Å². The van der Waals surface area contributed by atoms with Crippen molar-refractivity contribution in [3.8, 4) is 11.5 Å². The van der Waals surface area contributed by atoms with Gasteiger partial charge in [-0.15, -0.1) is 0 Å². The average Bonchev–Trinajstić information content (AvgIpc) is 2.92. The minimum Gasteiger partial charge on any atom is -0.494 e. The molecular weight excluding hydrogens is 496 g/mol. The van der Waals surface area contributed by atoms with Crippen LogP contribution < -0.4 is 14.4 Å². The molecule has 0 aromatic heterocycles. The highest BCUT2D eigenvalue weighted by molar-refractivity contribution is 7.89. The molecule has 4 rings (SSSR count). The van der Waals surface area contributed by atoms with Crippen LogP contribution in [0.2, 0.25) is 0 Å². The molecule has 3 aromatic carbocycles. The maximum absolute atomic E-state index is 13.7. The minimum atomic E-state index is -4.07. The molecule has 0 N–H and O–H groups in total. The Balaban J connectivity index is 1.66. The van der Waals surface area contributed by atoms with Crippen molar-refractivity contribution in [3.05, 3.63) is 84.4 Å². The number of amides is 1. The third-order valence-electron chi connectivity index (χ3n) is 5.82. The lowest BCUT2D eigenvalue weighted by Crippen LogP contribution is -2.50. The van der Waals surface area contributed by atoms with E-state index in [2.05, 4.69) is 0 Å². The Morgan fingerprint density at radius 2 is 1.68 bits per heavy atom. The van der Waals surface area contributed by atoms with Crippen molar-refractivity contribution in [3.63, 3.8) is 0 Å². The number of methoxy groups -OCH3 is 1. The van der Waals surface area contributed by atoms with Crippen molar-refractivity contribution in [2.45, 2.75) is 24.5 Å². The Morgan fingerprint density at radius 1 is 1.00 bits per heavy atom. The van der Waals surface area contributed by atoms with Crippen molar-refractivity contribution in [1.29, 1.82) is 0 Å². The molecule has 0 saturated carbocycles. The number of para-hydroxylation sites is 2. The van der Waals surface area contributed by atoms with Crippen LogP contribution in [0, 0.1) is 0 Å². The molecule has 194 valence electrons. The first-order valence-electron chi connectivity index (χ1n) is 11.7. The van der Waals surface area contributed by atoms with Crippen molar-refractivity contribution in [1.82, 2.24) is 4.31 Å². The second-order valence-electron chi connectivity index (χ2n) is 8.26. The molecule has 3 aromatic rings. The molecule has 0 fully saturated rings. The van der Waals surface area contributed by atoms with Crippen LogP contribution in [0.5, 0.6) is 11.5 Å². The van der Waals surface area contributed by atoms with E-state index in [-0.39, 0.29) is 18.0 Å². The fourth-order valence-corrected chi connectivity index (χ4v) is 5.38. The van der Waals surface area contributed by atoms with Gasteiger partial charge in [0.25, 0.3) is 0 Å². The second-order valence-corrected chi connectivity index (χ2v) is 10.2. The molecular formula is C27H28N2O7S. The molecule has 0 bridgehead atoms. The van der Waals surface area contributed by atoms with E-state index in [9.17, 15) is 18.0 Å². The summed E-state index contributed by atoms with van der Waals surface area (Å²) in [7, 11) is -2.83. The predicted molar refractivity (Wildman–Crippen MR) is 137 cm³/mol. The number of carbonyl (C=O) groups is 2. The number of hydrogen-bond donors (Lipinski definition) is 0. The highest BCUT2D eigenvalue weighted by Gasteiger charge is 2.36. The van der Waals surface area contributed by atoms with Crippen LogP contribution in [0.3, 0.4) is 0 Å². The van der Waals surface area contributed by atoms with Crippen molar-refractivity contribution in [2.24, 2.45) is 0 Å². The number of fused-ring (bicyclic) bond motifs is 1. The molecule has 1 aliphatic heterocycles. The first kappa shape index (κ1) is 26.2. The molecule has 10 heteroatoms. The molecule has 0 aliphatic carbocycles. The van der Waals surface area contributed by atoms with Gasteiger partial charge in [-0.1, -0.05) is 42.5 Å². The summed E-state index contributed by atoms with van der Waals surface area (Å²) in [5, 5.41) is 0. The Kier molecular flexibility index (Phi) is 8.10. The predicted octanol–water partition coefficient (Wildman–Crippen LogP) is 3.24. The lowest BCUT2D eigenvalue weighted by molar-refractivity contribution is -0.148. The minimum absolute atomic E-state index is 0.0193. The van der Waals surface area contributed by atoms with Gasteiger partial charge in [-0.25, -0.2) is 13.2 Å². The largest absolute Gasteiger partial charge is 0.494 e. The number of rotatable bonds is 9. The molecule has 37 heavy (non-hydrogen) atoms. The van der Waals surface area contributed by atoms with Crippen molar-refractivity contribution in [2.75, 3.05) is 31.7 Å². The van der Waals surface area contributed by atoms with Gasteiger partial charge >= 0.3 is 5.97 Å². The zero-order chi connectivity index (χ0) is 26.4. The standard InChI is InChI=1S/C27H28N2O7S/c1-3-35-21-13-15-22(16-14-21)37(32,33)28(17-20-9-5-4-6-10-20)19-26(30)29-18-25(27(31)34-2)36-24-12-8-7-11-23(24)29/h4-16,25H,3,17-19H2,1-2H3. The summed E-state index contributed by atoms with van der Waals surface area (Å²) < 4.78 is 44.5. The molecule has 0 spiro atoms. The van der Waals surface area contributed by atoms with Crippen LogP contribution in [0.15, 0.2) is 83.8 Å². The van der Waals surface area contributed by atoms with E-state index in [1.165, 1.54) is 24.1 Å². The van der Waals surface area contributed by atoms with Gasteiger partial charge in [0, 0.05) is 6.54 Å². The maximum atomic E-state index is 13.7. The molecule has 1 atom stereocenters. The summed E-state index contributed by atoms with van der Waals surface area (Å²) in [6.07, 6.45) is -1.03. The van der Waals surface area contributed by atoms with E-state index >= 15 is 0 Å². The number of sulfonamides is 1. The number of anilines is 1.